The molecule has 78 valence electrons. The zero-order chi connectivity index (χ0) is 10.6. The lowest BCUT2D eigenvalue weighted by Crippen LogP contribution is -2.25. The summed E-state index contributed by atoms with van der Waals surface area (Å²) in [5, 5.41) is 0. The second kappa shape index (κ2) is 4.98. The van der Waals surface area contributed by atoms with Gasteiger partial charge in [0, 0.05) is 7.11 Å². The van der Waals surface area contributed by atoms with Gasteiger partial charge in [0.2, 0.25) is 0 Å². The second-order valence-corrected chi connectivity index (χ2v) is 3.24. The highest BCUT2D eigenvalue weighted by atomic mass is 16.5. The molecule has 14 heavy (non-hydrogen) atoms. The van der Waals surface area contributed by atoms with Crippen LogP contribution in [0.15, 0.2) is 24.3 Å². The molecule has 3 heteroatoms. The fraction of sp³-hybridized carbons (Fsp3) is 0.455. The molecule has 1 aromatic carbocycles. The van der Waals surface area contributed by atoms with Crippen LogP contribution in [0.25, 0.3) is 0 Å². The molecule has 0 aliphatic carbocycles. The Hall–Kier alpha value is -1.06. The molecular formula is C11H17NO2. The highest BCUT2D eigenvalue weighted by molar-refractivity contribution is 5.30. The maximum absolute atomic E-state index is 5.99. The van der Waals surface area contributed by atoms with Crippen LogP contribution in [0.3, 0.4) is 0 Å². The molecule has 0 aliphatic heterocycles. The van der Waals surface area contributed by atoms with Crippen molar-refractivity contribution in [3.8, 4) is 5.75 Å². The maximum atomic E-state index is 5.99. The van der Waals surface area contributed by atoms with Gasteiger partial charge in [-0.25, -0.2) is 0 Å². The Kier molecular flexibility index (Phi) is 3.92. The van der Waals surface area contributed by atoms with Crippen molar-refractivity contribution in [2.45, 2.75) is 19.1 Å². The summed E-state index contributed by atoms with van der Waals surface area (Å²) in [4.78, 5) is 0. The molecule has 0 saturated carbocycles. The third kappa shape index (κ3) is 2.47. The standard InChI is InChI=1S/C11H17NO2/c1-8(13-2)11(12)9-5-4-6-10(7-9)14-3/h4-8,11H,12H2,1-3H3. The fourth-order valence-corrected chi connectivity index (χ4v) is 1.27. The van der Waals surface area contributed by atoms with Crippen LogP contribution in [0.5, 0.6) is 5.75 Å². The molecule has 1 rings (SSSR count). The van der Waals surface area contributed by atoms with Gasteiger partial charge in [-0.1, -0.05) is 12.1 Å². The molecule has 0 bridgehead atoms. The molecule has 0 radical (unpaired) electrons. The van der Waals surface area contributed by atoms with Crippen LogP contribution in [0.2, 0.25) is 0 Å². The third-order valence-corrected chi connectivity index (χ3v) is 2.36. The number of rotatable bonds is 4. The SMILES string of the molecule is COc1cccc(C(N)C(C)OC)c1. The molecule has 0 amide bonds. The van der Waals surface area contributed by atoms with Gasteiger partial charge in [-0.3, -0.25) is 0 Å². The summed E-state index contributed by atoms with van der Waals surface area (Å²) in [5.74, 6) is 0.821. The second-order valence-electron chi connectivity index (χ2n) is 3.24. The van der Waals surface area contributed by atoms with E-state index in [0.29, 0.717) is 0 Å². The molecule has 0 aliphatic rings. The van der Waals surface area contributed by atoms with E-state index in [0.717, 1.165) is 11.3 Å². The van der Waals surface area contributed by atoms with Crippen molar-refractivity contribution < 1.29 is 9.47 Å². The van der Waals surface area contributed by atoms with Crippen LogP contribution in [-0.4, -0.2) is 20.3 Å². The van der Waals surface area contributed by atoms with E-state index in [1.165, 1.54) is 0 Å². The Balaban J connectivity index is 2.83. The van der Waals surface area contributed by atoms with Gasteiger partial charge in [-0.15, -0.1) is 0 Å². The molecule has 0 fully saturated rings. The molecule has 3 nitrogen and oxygen atoms in total. The van der Waals surface area contributed by atoms with E-state index in [1.807, 2.05) is 31.2 Å². The van der Waals surface area contributed by atoms with Crippen LogP contribution < -0.4 is 10.5 Å². The van der Waals surface area contributed by atoms with Crippen molar-refractivity contribution in [1.29, 1.82) is 0 Å². The van der Waals surface area contributed by atoms with E-state index in [-0.39, 0.29) is 12.1 Å². The zero-order valence-corrected chi connectivity index (χ0v) is 8.86. The van der Waals surface area contributed by atoms with Gasteiger partial charge < -0.3 is 15.2 Å². The molecule has 2 unspecified atom stereocenters. The van der Waals surface area contributed by atoms with Gasteiger partial charge >= 0.3 is 0 Å². The Morgan fingerprint density at radius 3 is 2.57 bits per heavy atom. The highest BCUT2D eigenvalue weighted by Crippen LogP contribution is 2.20. The normalized spacial score (nSPS) is 14.9. The van der Waals surface area contributed by atoms with Crippen molar-refractivity contribution in [1.82, 2.24) is 0 Å². The maximum Gasteiger partial charge on any atom is 0.119 e. The summed E-state index contributed by atoms with van der Waals surface area (Å²) < 4.78 is 10.3. The lowest BCUT2D eigenvalue weighted by atomic mass is 10.0. The Labute approximate surface area is 84.8 Å². The Morgan fingerprint density at radius 1 is 1.29 bits per heavy atom. The fourth-order valence-electron chi connectivity index (χ4n) is 1.27. The average molecular weight is 195 g/mol. The number of nitrogens with two attached hydrogens (primary N) is 1. The zero-order valence-electron chi connectivity index (χ0n) is 8.86. The van der Waals surface area contributed by atoms with Crippen molar-refractivity contribution in [3.63, 3.8) is 0 Å². The summed E-state index contributed by atoms with van der Waals surface area (Å²) in [6, 6.07) is 7.61. The van der Waals surface area contributed by atoms with Gasteiger partial charge in [-0.2, -0.15) is 0 Å². The van der Waals surface area contributed by atoms with Gasteiger partial charge in [0.25, 0.3) is 0 Å². The smallest absolute Gasteiger partial charge is 0.119 e. The van der Waals surface area contributed by atoms with Crippen LogP contribution >= 0.6 is 0 Å². The molecule has 2 N–H and O–H groups in total. The van der Waals surface area contributed by atoms with E-state index in [2.05, 4.69) is 0 Å². The van der Waals surface area contributed by atoms with Crippen molar-refractivity contribution >= 4 is 0 Å². The third-order valence-electron chi connectivity index (χ3n) is 2.36. The average Bonchev–Trinajstić information content (AvgIpc) is 2.27. The largest absolute Gasteiger partial charge is 0.497 e. The minimum Gasteiger partial charge on any atom is -0.497 e. The minimum atomic E-state index is -0.116. The lowest BCUT2D eigenvalue weighted by Gasteiger charge is -2.19. The monoisotopic (exact) mass is 195 g/mol. The molecule has 0 heterocycles. The number of hydrogen-bond acceptors (Lipinski definition) is 3. The predicted octanol–water partition coefficient (Wildman–Crippen LogP) is 1.73. The van der Waals surface area contributed by atoms with Gasteiger partial charge in [-0.05, 0) is 24.6 Å². The van der Waals surface area contributed by atoms with Crippen molar-refractivity contribution in [3.05, 3.63) is 29.8 Å². The number of hydrogen-bond donors (Lipinski definition) is 1. The first-order valence-electron chi connectivity index (χ1n) is 4.61. The van der Waals surface area contributed by atoms with Crippen LogP contribution in [0, 0.1) is 0 Å². The summed E-state index contributed by atoms with van der Waals surface area (Å²) in [6.07, 6.45) is 0.00195. The molecule has 2 atom stereocenters. The van der Waals surface area contributed by atoms with Gasteiger partial charge in [0.1, 0.15) is 5.75 Å². The molecule has 0 spiro atoms. The predicted molar refractivity (Wildman–Crippen MR) is 56.4 cm³/mol. The first-order valence-corrected chi connectivity index (χ1v) is 4.61. The molecule has 0 saturated heterocycles. The Morgan fingerprint density at radius 2 is 2.00 bits per heavy atom. The molecule has 0 aromatic heterocycles. The number of benzene rings is 1. The van der Waals surface area contributed by atoms with E-state index in [4.69, 9.17) is 15.2 Å². The van der Waals surface area contributed by atoms with Crippen molar-refractivity contribution in [2.75, 3.05) is 14.2 Å². The molecule has 1 aromatic rings. The van der Waals surface area contributed by atoms with E-state index >= 15 is 0 Å². The van der Waals surface area contributed by atoms with Crippen molar-refractivity contribution in [2.24, 2.45) is 5.73 Å². The van der Waals surface area contributed by atoms with Gasteiger partial charge in [0.15, 0.2) is 0 Å². The van der Waals surface area contributed by atoms with Crippen LogP contribution in [-0.2, 0) is 4.74 Å². The first-order chi connectivity index (χ1) is 6.69. The van der Waals surface area contributed by atoms with Crippen LogP contribution in [0.4, 0.5) is 0 Å². The quantitative estimate of drug-likeness (QED) is 0.795. The number of ether oxygens (including phenoxy) is 2. The summed E-state index contributed by atoms with van der Waals surface area (Å²) >= 11 is 0. The van der Waals surface area contributed by atoms with Crippen LogP contribution in [0.1, 0.15) is 18.5 Å². The Bertz CT molecular complexity index is 288. The van der Waals surface area contributed by atoms with E-state index in [9.17, 15) is 0 Å². The summed E-state index contributed by atoms with van der Waals surface area (Å²) in [5.41, 5.74) is 7.02. The van der Waals surface area contributed by atoms with Gasteiger partial charge in [0.05, 0.1) is 19.3 Å². The highest BCUT2D eigenvalue weighted by Gasteiger charge is 2.14. The van der Waals surface area contributed by atoms with E-state index in [1.54, 1.807) is 14.2 Å². The topological polar surface area (TPSA) is 44.5 Å². The number of methoxy groups -OCH3 is 2. The first kappa shape index (κ1) is 11.0. The lowest BCUT2D eigenvalue weighted by molar-refractivity contribution is 0.0956. The summed E-state index contributed by atoms with van der Waals surface area (Å²) in [6.45, 7) is 1.95. The molecular weight excluding hydrogens is 178 g/mol. The van der Waals surface area contributed by atoms with E-state index < -0.39 is 0 Å². The minimum absolute atomic E-state index is 0.00195. The summed E-state index contributed by atoms with van der Waals surface area (Å²) in [7, 11) is 3.30.